The van der Waals surface area contributed by atoms with Gasteiger partial charge in [-0.25, -0.2) is 9.78 Å². The number of urea groups is 1. The van der Waals surface area contributed by atoms with Crippen LogP contribution in [-0.4, -0.2) is 30.6 Å². The molecule has 0 spiro atoms. The second-order valence-electron chi connectivity index (χ2n) is 5.25. The number of pyridine rings is 1. The number of nitrogens with zero attached hydrogens (tertiary/aromatic N) is 1. The zero-order chi connectivity index (χ0) is 18.2. The highest BCUT2D eigenvalue weighted by Gasteiger charge is 2.07. The van der Waals surface area contributed by atoms with Gasteiger partial charge >= 0.3 is 6.03 Å². The van der Waals surface area contributed by atoms with Gasteiger partial charge < -0.3 is 20.7 Å². The molecule has 0 aliphatic carbocycles. The summed E-state index contributed by atoms with van der Waals surface area (Å²) in [4.78, 5) is 27.7. The molecule has 2 aromatic rings. The Balaban J connectivity index is 1.74. The van der Waals surface area contributed by atoms with Gasteiger partial charge in [-0.15, -0.1) is 0 Å². The molecule has 1 heterocycles. The number of hydrogen-bond donors (Lipinski definition) is 3. The zero-order valence-corrected chi connectivity index (χ0v) is 15.5. The topological polar surface area (TPSA) is 92.4 Å². The van der Waals surface area contributed by atoms with E-state index in [0.717, 1.165) is 15.6 Å². The molecule has 2 rings (SSSR count). The van der Waals surface area contributed by atoms with Crippen LogP contribution in [0.5, 0.6) is 5.88 Å². The third-order valence-corrected chi connectivity index (χ3v) is 3.83. The van der Waals surface area contributed by atoms with Crippen LogP contribution < -0.4 is 20.7 Å². The van der Waals surface area contributed by atoms with Crippen molar-refractivity contribution in [3.8, 4) is 5.88 Å². The fourth-order valence-electron chi connectivity index (χ4n) is 2.00. The molecule has 8 heteroatoms. The van der Waals surface area contributed by atoms with Gasteiger partial charge in [0.15, 0.2) is 0 Å². The first-order chi connectivity index (χ1) is 12.0. The van der Waals surface area contributed by atoms with E-state index in [1.54, 1.807) is 24.4 Å². The van der Waals surface area contributed by atoms with Crippen molar-refractivity contribution < 1.29 is 14.3 Å². The van der Waals surface area contributed by atoms with Gasteiger partial charge in [-0.05, 0) is 36.2 Å². The molecule has 1 aromatic carbocycles. The average molecular weight is 407 g/mol. The molecule has 7 nitrogen and oxygen atoms in total. The van der Waals surface area contributed by atoms with E-state index in [1.165, 1.54) is 7.11 Å². The number of anilines is 1. The second kappa shape index (κ2) is 9.03. The van der Waals surface area contributed by atoms with Crippen LogP contribution in [0.1, 0.15) is 11.1 Å². The normalized spacial score (nSPS) is 10.0. The van der Waals surface area contributed by atoms with Crippen LogP contribution in [0.3, 0.4) is 0 Å². The fraction of sp³-hybridized carbons (Fsp3) is 0.235. The first-order valence-electron chi connectivity index (χ1n) is 7.54. The summed E-state index contributed by atoms with van der Waals surface area (Å²) >= 11 is 3.37. The average Bonchev–Trinajstić information content (AvgIpc) is 2.61. The van der Waals surface area contributed by atoms with E-state index in [1.807, 2.05) is 19.1 Å². The van der Waals surface area contributed by atoms with Gasteiger partial charge in [0.2, 0.25) is 11.8 Å². The summed E-state index contributed by atoms with van der Waals surface area (Å²) in [5.41, 5.74) is 2.46. The number of carbonyl (C=O) groups is 2. The van der Waals surface area contributed by atoms with Crippen molar-refractivity contribution >= 4 is 33.6 Å². The highest BCUT2D eigenvalue weighted by atomic mass is 79.9. The molecule has 25 heavy (non-hydrogen) atoms. The first-order valence-corrected chi connectivity index (χ1v) is 8.34. The van der Waals surface area contributed by atoms with E-state index in [2.05, 4.69) is 36.9 Å². The molecule has 0 aliphatic heterocycles. The zero-order valence-electron chi connectivity index (χ0n) is 13.9. The summed E-state index contributed by atoms with van der Waals surface area (Å²) in [6.45, 7) is 2.07. The van der Waals surface area contributed by atoms with Gasteiger partial charge in [-0.3, -0.25) is 4.79 Å². The Morgan fingerprint density at radius 2 is 2.00 bits per heavy atom. The lowest BCUT2D eigenvalue weighted by Crippen LogP contribution is -2.39. The molecule has 0 saturated carbocycles. The minimum atomic E-state index is -0.432. The van der Waals surface area contributed by atoms with E-state index >= 15 is 0 Å². The van der Waals surface area contributed by atoms with Crippen LogP contribution in [0.25, 0.3) is 0 Å². The van der Waals surface area contributed by atoms with Crippen LogP contribution in [0, 0.1) is 6.92 Å². The Labute approximate surface area is 154 Å². The number of methoxy groups -OCH3 is 1. The number of halogens is 1. The standard InChI is InChI=1S/C17H19BrN4O3/c1-11-7-13(18)4-5-14(11)22-15(23)10-21-17(24)20-9-12-3-6-16(25-2)19-8-12/h3-8H,9-10H2,1-2H3,(H,22,23)(H2,20,21,24). The predicted molar refractivity (Wildman–Crippen MR) is 98.5 cm³/mol. The molecular formula is C17H19BrN4O3. The summed E-state index contributed by atoms with van der Waals surface area (Å²) in [6.07, 6.45) is 1.61. The van der Waals surface area contributed by atoms with E-state index in [0.29, 0.717) is 18.1 Å². The highest BCUT2D eigenvalue weighted by molar-refractivity contribution is 9.10. The number of aromatic nitrogens is 1. The lowest BCUT2D eigenvalue weighted by atomic mass is 10.2. The molecule has 0 fully saturated rings. The molecule has 0 radical (unpaired) electrons. The molecule has 0 atom stereocenters. The highest BCUT2D eigenvalue weighted by Crippen LogP contribution is 2.19. The quantitative estimate of drug-likeness (QED) is 0.687. The molecule has 0 saturated heterocycles. The summed E-state index contributed by atoms with van der Waals surface area (Å²) in [6, 6.07) is 8.62. The number of carbonyl (C=O) groups excluding carboxylic acids is 2. The van der Waals surface area contributed by atoms with Gasteiger partial charge in [-0.2, -0.15) is 0 Å². The Bertz CT molecular complexity index is 750. The van der Waals surface area contributed by atoms with E-state index in [4.69, 9.17) is 4.74 Å². The molecule has 0 bridgehead atoms. The Kier molecular flexibility index (Phi) is 6.76. The van der Waals surface area contributed by atoms with Crippen molar-refractivity contribution in [2.75, 3.05) is 19.0 Å². The van der Waals surface area contributed by atoms with Gasteiger partial charge in [0.25, 0.3) is 0 Å². The van der Waals surface area contributed by atoms with Gasteiger partial charge in [0.1, 0.15) is 0 Å². The van der Waals surface area contributed by atoms with Gasteiger partial charge in [0.05, 0.1) is 13.7 Å². The minimum Gasteiger partial charge on any atom is -0.481 e. The summed E-state index contributed by atoms with van der Waals surface area (Å²) < 4.78 is 5.90. The SMILES string of the molecule is COc1ccc(CNC(=O)NCC(=O)Nc2ccc(Br)cc2C)cn1. The predicted octanol–water partition coefficient (Wildman–Crippen LogP) is 2.60. The van der Waals surface area contributed by atoms with Crippen molar-refractivity contribution in [1.82, 2.24) is 15.6 Å². The Morgan fingerprint density at radius 1 is 1.20 bits per heavy atom. The number of ether oxygens (including phenoxy) is 1. The Morgan fingerprint density at radius 3 is 2.64 bits per heavy atom. The number of hydrogen-bond acceptors (Lipinski definition) is 4. The minimum absolute atomic E-state index is 0.123. The van der Waals surface area contributed by atoms with E-state index in [-0.39, 0.29) is 12.5 Å². The molecule has 3 N–H and O–H groups in total. The molecular weight excluding hydrogens is 388 g/mol. The summed E-state index contributed by atoms with van der Waals surface area (Å²) in [5.74, 6) is 0.208. The Hall–Kier alpha value is -2.61. The van der Waals surface area contributed by atoms with Crippen molar-refractivity contribution in [2.24, 2.45) is 0 Å². The van der Waals surface area contributed by atoms with Crippen molar-refractivity contribution in [3.05, 3.63) is 52.1 Å². The van der Waals surface area contributed by atoms with Crippen LogP contribution in [0.15, 0.2) is 41.0 Å². The van der Waals surface area contributed by atoms with E-state index in [9.17, 15) is 9.59 Å². The maximum atomic E-state index is 11.9. The molecule has 0 aliphatic rings. The third kappa shape index (κ3) is 6.07. The maximum Gasteiger partial charge on any atom is 0.315 e. The van der Waals surface area contributed by atoms with Crippen molar-refractivity contribution in [1.29, 1.82) is 0 Å². The largest absolute Gasteiger partial charge is 0.481 e. The van der Waals surface area contributed by atoms with Gasteiger partial charge in [0, 0.05) is 29.0 Å². The summed E-state index contributed by atoms with van der Waals surface area (Å²) in [7, 11) is 1.54. The van der Waals surface area contributed by atoms with Crippen LogP contribution >= 0.6 is 15.9 Å². The second-order valence-corrected chi connectivity index (χ2v) is 6.17. The lowest BCUT2D eigenvalue weighted by Gasteiger charge is -2.10. The smallest absolute Gasteiger partial charge is 0.315 e. The molecule has 1 aromatic heterocycles. The first kappa shape index (κ1) is 18.7. The van der Waals surface area contributed by atoms with Crippen LogP contribution in [-0.2, 0) is 11.3 Å². The summed E-state index contributed by atoms with van der Waals surface area (Å²) in [5, 5.41) is 7.92. The van der Waals surface area contributed by atoms with E-state index < -0.39 is 6.03 Å². The third-order valence-electron chi connectivity index (χ3n) is 3.33. The maximum absolute atomic E-state index is 11.9. The molecule has 0 unspecified atom stereocenters. The lowest BCUT2D eigenvalue weighted by molar-refractivity contribution is -0.115. The molecule has 3 amide bonds. The van der Waals surface area contributed by atoms with Crippen molar-refractivity contribution in [2.45, 2.75) is 13.5 Å². The fourth-order valence-corrected chi connectivity index (χ4v) is 2.48. The van der Waals surface area contributed by atoms with Crippen LogP contribution in [0.4, 0.5) is 10.5 Å². The number of benzene rings is 1. The number of amides is 3. The van der Waals surface area contributed by atoms with Crippen molar-refractivity contribution in [3.63, 3.8) is 0 Å². The number of rotatable bonds is 6. The van der Waals surface area contributed by atoms with Crippen LogP contribution in [0.2, 0.25) is 0 Å². The number of nitrogens with one attached hydrogen (secondary N) is 3. The molecule has 132 valence electrons. The number of aryl methyl sites for hydroxylation is 1. The monoisotopic (exact) mass is 406 g/mol. The van der Waals surface area contributed by atoms with Gasteiger partial charge in [-0.1, -0.05) is 22.0 Å².